The van der Waals surface area contributed by atoms with Crippen molar-refractivity contribution in [3.05, 3.63) is 119 Å². The molecule has 318 valence electrons. The Kier molecular flexibility index (Phi) is 11.7. The molecule has 0 aliphatic carbocycles. The van der Waals surface area contributed by atoms with Gasteiger partial charge in [-0.2, -0.15) is 0 Å². The topological polar surface area (TPSA) is 37.4 Å². The third-order valence-electron chi connectivity index (χ3n) is 13.8. The van der Waals surface area contributed by atoms with Crippen LogP contribution in [-0.4, -0.2) is 23.3 Å². The van der Waals surface area contributed by atoms with Gasteiger partial charge in [-0.1, -0.05) is 128 Å². The van der Waals surface area contributed by atoms with E-state index in [9.17, 15) is 9.59 Å². The normalized spacial score (nSPS) is 15.3. The molecular formula is C55H57NO2S4. The molecule has 9 rings (SSSR count). The summed E-state index contributed by atoms with van der Waals surface area (Å²) in [5.74, 6) is -0.139. The maximum atomic E-state index is 14.2. The summed E-state index contributed by atoms with van der Waals surface area (Å²) in [7, 11) is 0. The van der Waals surface area contributed by atoms with E-state index in [-0.39, 0.29) is 28.6 Å². The predicted molar refractivity (Wildman–Crippen MR) is 273 cm³/mol. The highest BCUT2D eigenvalue weighted by atomic mass is 32.1. The van der Waals surface area contributed by atoms with Crippen molar-refractivity contribution in [2.75, 3.05) is 6.54 Å². The van der Waals surface area contributed by atoms with Crippen LogP contribution in [0.25, 0.3) is 71.7 Å². The Labute approximate surface area is 383 Å². The number of hydrogen-bond donors (Lipinski definition) is 0. The first-order valence-electron chi connectivity index (χ1n) is 22.6. The molecule has 0 bridgehead atoms. The summed E-state index contributed by atoms with van der Waals surface area (Å²) in [6.45, 7) is 18.3. The monoisotopic (exact) mass is 891 g/mol. The van der Waals surface area contributed by atoms with Crippen LogP contribution in [-0.2, 0) is 10.8 Å². The van der Waals surface area contributed by atoms with Crippen molar-refractivity contribution in [1.29, 1.82) is 0 Å². The van der Waals surface area contributed by atoms with Crippen LogP contribution in [0, 0.1) is 5.92 Å². The molecule has 4 aromatic heterocycles. The van der Waals surface area contributed by atoms with Gasteiger partial charge in [-0.25, -0.2) is 0 Å². The standard InChI is InChI=1S/C55H57NO2S4/c1-9-13-15-29-55(8,12-4)45-27-26-44(60-45)51-47-46(52(57)56(53(47)58)32-33(5)6)50(62-51)43-25-24-42(59-43)36-18-20-38-34(30-36)16-21-40-41-22-17-35-31-37(54(7,11-3)28-14-10-2)19-23-39(35)49(41)61-48(38)40/h9,13,16-27,30-31,33H,10-12,14-15,28-29,32H2,1-8H3/b13-9-. The van der Waals surface area contributed by atoms with Gasteiger partial charge in [0, 0.05) is 51.6 Å². The lowest BCUT2D eigenvalue weighted by Crippen LogP contribution is -2.33. The second kappa shape index (κ2) is 17.0. The van der Waals surface area contributed by atoms with Gasteiger partial charge in [0.05, 0.1) is 20.9 Å². The number of nitrogens with zero attached hydrogens (tertiary/aromatic N) is 1. The van der Waals surface area contributed by atoms with Gasteiger partial charge in [0.1, 0.15) is 0 Å². The van der Waals surface area contributed by atoms with Gasteiger partial charge < -0.3 is 0 Å². The van der Waals surface area contributed by atoms with Gasteiger partial charge in [0.15, 0.2) is 0 Å². The van der Waals surface area contributed by atoms with Crippen LogP contribution >= 0.6 is 45.3 Å². The molecule has 2 amide bonds. The number of hydrogen-bond acceptors (Lipinski definition) is 6. The lowest BCUT2D eigenvalue weighted by Gasteiger charge is -2.29. The fraction of sp³-hybridized carbons (Fsp3) is 0.345. The zero-order valence-corrected chi connectivity index (χ0v) is 40.6. The summed E-state index contributed by atoms with van der Waals surface area (Å²) in [5.41, 5.74) is 4.02. The number of amides is 2. The van der Waals surface area contributed by atoms with E-state index < -0.39 is 0 Å². The minimum atomic E-state index is -0.162. The smallest absolute Gasteiger partial charge is 0.263 e. The molecule has 0 saturated heterocycles. The molecular weight excluding hydrogens is 835 g/mol. The van der Waals surface area contributed by atoms with Crippen molar-refractivity contribution in [2.24, 2.45) is 5.92 Å². The summed E-state index contributed by atoms with van der Waals surface area (Å²) in [4.78, 5) is 36.3. The predicted octanol–water partition coefficient (Wildman–Crippen LogP) is 17.7. The molecule has 0 fully saturated rings. The fourth-order valence-electron chi connectivity index (χ4n) is 9.49. The number of unbranched alkanes of at least 4 members (excludes halogenated alkanes) is 1. The van der Waals surface area contributed by atoms with Gasteiger partial charge in [-0.3, -0.25) is 14.5 Å². The average Bonchev–Trinajstić information content (AvgIpc) is 4.13. The van der Waals surface area contributed by atoms with E-state index in [1.807, 2.05) is 11.3 Å². The highest BCUT2D eigenvalue weighted by molar-refractivity contribution is 7.28. The Hall–Kier alpha value is -4.40. The van der Waals surface area contributed by atoms with Crippen LogP contribution in [0.5, 0.6) is 0 Å². The third-order valence-corrected chi connectivity index (χ3v) is 19.1. The first kappa shape index (κ1) is 42.9. The molecule has 62 heavy (non-hydrogen) atoms. The Bertz CT molecular complexity index is 3040. The summed E-state index contributed by atoms with van der Waals surface area (Å²) in [5, 5.41) is 7.81. The number of allylic oxidation sites excluding steroid dienone is 2. The summed E-state index contributed by atoms with van der Waals surface area (Å²) < 4.78 is 2.69. The average molecular weight is 892 g/mol. The van der Waals surface area contributed by atoms with Gasteiger partial charge >= 0.3 is 0 Å². The first-order valence-corrected chi connectivity index (χ1v) is 25.9. The van der Waals surface area contributed by atoms with E-state index in [0.717, 1.165) is 55.6 Å². The van der Waals surface area contributed by atoms with Crippen molar-refractivity contribution in [3.8, 4) is 29.9 Å². The van der Waals surface area contributed by atoms with Crippen molar-refractivity contribution in [3.63, 3.8) is 0 Å². The minimum absolute atomic E-state index is 0.0456. The maximum absolute atomic E-state index is 14.2. The number of carbonyl (C=O) groups excluding carboxylic acids is 2. The zero-order valence-electron chi connectivity index (χ0n) is 37.4. The van der Waals surface area contributed by atoms with Crippen LogP contribution < -0.4 is 0 Å². The SMILES string of the molecule is C/C=C\CCC(C)(CC)c1ccc(-c2sc(-c3ccc(-c4ccc5c(ccc6c7ccc8cc(C(C)(CC)CCCC)ccc8c7sc56)c4)s3)c3c2C(=O)N(CC(C)C)C3=O)s1. The number of thiophene rings is 4. The van der Waals surface area contributed by atoms with E-state index in [2.05, 4.69) is 152 Å². The Morgan fingerprint density at radius 2 is 1.23 bits per heavy atom. The van der Waals surface area contributed by atoms with Crippen molar-refractivity contribution < 1.29 is 9.59 Å². The number of carbonyl (C=O) groups is 2. The first-order chi connectivity index (χ1) is 29.9. The molecule has 5 heterocycles. The second-order valence-corrected chi connectivity index (χ2v) is 22.6. The van der Waals surface area contributed by atoms with E-state index >= 15 is 0 Å². The van der Waals surface area contributed by atoms with E-state index in [0.29, 0.717) is 17.7 Å². The summed E-state index contributed by atoms with van der Waals surface area (Å²) in [6.07, 6.45) is 12.4. The lowest BCUT2D eigenvalue weighted by molar-refractivity contribution is 0.0636. The molecule has 1 aliphatic heterocycles. The molecule has 8 aromatic rings. The zero-order chi connectivity index (χ0) is 43.5. The molecule has 2 unspecified atom stereocenters. The quantitative estimate of drug-likeness (QED) is 0.0760. The number of benzene rings is 4. The van der Waals surface area contributed by atoms with Gasteiger partial charge in [-0.15, -0.1) is 45.3 Å². The van der Waals surface area contributed by atoms with E-state index in [4.69, 9.17) is 0 Å². The minimum Gasteiger partial charge on any atom is -0.274 e. The Balaban J connectivity index is 1.07. The van der Waals surface area contributed by atoms with Crippen LogP contribution in [0.4, 0.5) is 0 Å². The van der Waals surface area contributed by atoms with Crippen LogP contribution in [0.15, 0.2) is 97.1 Å². The van der Waals surface area contributed by atoms with Crippen molar-refractivity contribution in [1.82, 2.24) is 4.90 Å². The van der Waals surface area contributed by atoms with E-state index in [1.165, 1.54) is 76.3 Å². The molecule has 0 saturated carbocycles. The molecule has 7 heteroatoms. The Morgan fingerprint density at radius 1 is 0.629 bits per heavy atom. The Morgan fingerprint density at radius 3 is 1.85 bits per heavy atom. The highest BCUT2D eigenvalue weighted by Crippen LogP contribution is 2.52. The summed E-state index contributed by atoms with van der Waals surface area (Å²) in [6, 6.07) is 32.1. The molecule has 4 aromatic carbocycles. The summed E-state index contributed by atoms with van der Waals surface area (Å²) >= 11 is 7.03. The molecule has 0 radical (unpaired) electrons. The molecule has 0 spiro atoms. The largest absolute Gasteiger partial charge is 0.274 e. The van der Waals surface area contributed by atoms with Gasteiger partial charge in [0.25, 0.3) is 11.8 Å². The maximum Gasteiger partial charge on any atom is 0.263 e. The molecule has 2 atom stereocenters. The van der Waals surface area contributed by atoms with Crippen molar-refractivity contribution >= 4 is 98.9 Å². The van der Waals surface area contributed by atoms with Crippen molar-refractivity contribution in [2.45, 2.75) is 111 Å². The highest BCUT2D eigenvalue weighted by Gasteiger charge is 2.43. The van der Waals surface area contributed by atoms with Crippen LogP contribution in [0.3, 0.4) is 0 Å². The second-order valence-electron chi connectivity index (χ2n) is 18.4. The number of imide groups is 1. The van der Waals surface area contributed by atoms with E-state index in [1.54, 1.807) is 34.0 Å². The van der Waals surface area contributed by atoms with Crippen LogP contribution in [0.2, 0.25) is 0 Å². The van der Waals surface area contributed by atoms with Gasteiger partial charge in [-0.05, 0) is 113 Å². The molecule has 0 N–H and O–H groups in total. The van der Waals surface area contributed by atoms with Crippen LogP contribution in [0.1, 0.15) is 131 Å². The fourth-order valence-corrected chi connectivity index (χ4v) is 14.6. The number of rotatable bonds is 15. The lowest BCUT2D eigenvalue weighted by atomic mass is 9.75. The molecule has 3 nitrogen and oxygen atoms in total. The van der Waals surface area contributed by atoms with Gasteiger partial charge in [0.2, 0.25) is 0 Å². The number of fused-ring (bicyclic) bond motifs is 8. The third kappa shape index (κ3) is 7.31. The molecule has 1 aliphatic rings.